The highest BCUT2D eigenvalue weighted by atomic mass is 15.3. The van der Waals surface area contributed by atoms with Gasteiger partial charge in [0.2, 0.25) is 0 Å². The molecule has 0 aromatic carbocycles. The number of aromatic amines is 2. The van der Waals surface area contributed by atoms with Gasteiger partial charge in [-0.05, 0) is 44.7 Å². The maximum absolute atomic E-state index is 4.99. The summed E-state index contributed by atoms with van der Waals surface area (Å²) in [5, 5.41) is 11.0. The fraction of sp³-hybridized carbons (Fsp3) is 0.286. The van der Waals surface area contributed by atoms with Gasteiger partial charge in [0, 0.05) is 49.3 Å². The second-order valence-electron chi connectivity index (χ2n) is 9.35. The van der Waals surface area contributed by atoms with Crippen molar-refractivity contribution in [2.75, 3.05) is 38.5 Å². The van der Waals surface area contributed by atoms with Crippen LogP contribution in [0.25, 0.3) is 39.5 Å². The average Bonchev–Trinajstić information content (AvgIpc) is 3.50. The van der Waals surface area contributed by atoms with Crippen molar-refractivity contribution in [1.29, 1.82) is 0 Å². The summed E-state index contributed by atoms with van der Waals surface area (Å²) >= 11 is 0. The van der Waals surface area contributed by atoms with Gasteiger partial charge in [0.05, 0.1) is 28.8 Å². The zero-order chi connectivity index (χ0) is 25.9. The van der Waals surface area contributed by atoms with Crippen molar-refractivity contribution in [3.05, 3.63) is 73.0 Å². The summed E-state index contributed by atoms with van der Waals surface area (Å²) in [6.07, 6.45) is 8.31. The zero-order valence-corrected chi connectivity index (χ0v) is 21.7. The fourth-order valence-corrected chi connectivity index (χ4v) is 4.48. The SMILES string of the molecule is C=C/C=C(\c1nc(-c2n[nH]c3ccc(-c4cncc(NC(=C)CC)c4)nc23)[nH]c1C)N1CCN(C)CC1. The lowest BCUT2D eigenvalue weighted by Crippen LogP contribution is -2.43. The summed E-state index contributed by atoms with van der Waals surface area (Å²) in [7, 11) is 2.15. The Kier molecular flexibility index (Phi) is 6.87. The molecule has 9 heteroatoms. The summed E-state index contributed by atoms with van der Waals surface area (Å²) in [4.78, 5) is 22.5. The summed E-state index contributed by atoms with van der Waals surface area (Å²) in [5.74, 6) is 0.681. The number of H-pyrrole nitrogens is 2. The van der Waals surface area contributed by atoms with E-state index in [0.29, 0.717) is 11.5 Å². The smallest absolute Gasteiger partial charge is 0.161 e. The third kappa shape index (κ3) is 5.03. The van der Waals surface area contributed by atoms with Crippen LogP contribution in [0.3, 0.4) is 0 Å². The van der Waals surface area contributed by atoms with Gasteiger partial charge in [0.25, 0.3) is 0 Å². The van der Waals surface area contributed by atoms with Gasteiger partial charge in [-0.2, -0.15) is 5.10 Å². The highest BCUT2D eigenvalue weighted by Gasteiger charge is 2.23. The third-order valence-electron chi connectivity index (χ3n) is 6.66. The Hall–Kier alpha value is -4.24. The normalized spacial score (nSPS) is 14.8. The summed E-state index contributed by atoms with van der Waals surface area (Å²) in [6, 6.07) is 5.99. The van der Waals surface area contributed by atoms with E-state index in [1.165, 1.54) is 0 Å². The van der Waals surface area contributed by atoms with Gasteiger partial charge in [-0.1, -0.05) is 26.2 Å². The van der Waals surface area contributed by atoms with Crippen LogP contribution in [-0.2, 0) is 0 Å². The van der Waals surface area contributed by atoms with Gasteiger partial charge in [-0.25, -0.2) is 9.97 Å². The lowest BCUT2D eigenvalue weighted by molar-refractivity contribution is 0.207. The number of likely N-dealkylation sites (N-methyl/N-ethyl adjacent to an activating group) is 1. The van der Waals surface area contributed by atoms with Crippen molar-refractivity contribution in [3.63, 3.8) is 0 Å². The Morgan fingerprint density at radius 2 is 1.97 bits per heavy atom. The van der Waals surface area contributed by atoms with Crippen LogP contribution < -0.4 is 5.32 Å². The Labute approximate surface area is 217 Å². The fourth-order valence-electron chi connectivity index (χ4n) is 4.48. The maximum atomic E-state index is 4.99. The largest absolute Gasteiger partial charge is 0.367 e. The number of aryl methyl sites for hydroxylation is 1. The standard InChI is InChI=1S/C28H33N9/c1-6-8-24(37-13-11-36(5)12-14-37)25-19(4)31-28(33-25)27-26-23(34-35-27)10-9-22(32-26)20-15-21(17-29-16-20)30-18(3)7-2/h6,8-10,15-17,30H,1,3,7,11-14H2,2,4-5H3,(H,31,33)(H,34,35)/b24-8+. The van der Waals surface area contributed by atoms with E-state index in [1.54, 1.807) is 6.20 Å². The van der Waals surface area contributed by atoms with Gasteiger partial charge in [-0.3, -0.25) is 10.1 Å². The lowest BCUT2D eigenvalue weighted by atomic mass is 10.1. The first-order valence-electron chi connectivity index (χ1n) is 12.6. The van der Waals surface area contributed by atoms with Crippen molar-refractivity contribution >= 4 is 22.4 Å². The van der Waals surface area contributed by atoms with Crippen LogP contribution in [0.5, 0.6) is 0 Å². The molecule has 1 saturated heterocycles. The molecule has 0 amide bonds. The molecule has 0 unspecified atom stereocenters. The second kappa shape index (κ2) is 10.4. The van der Waals surface area contributed by atoms with Gasteiger partial charge in [-0.15, -0.1) is 0 Å². The zero-order valence-electron chi connectivity index (χ0n) is 21.7. The summed E-state index contributed by atoms with van der Waals surface area (Å²) in [6.45, 7) is 16.0. The number of rotatable bonds is 8. The molecule has 5 heterocycles. The molecule has 5 rings (SSSR count). The molecule has 9 nitrogen and oxygen atoms in total. The molecule has 37 heavy (non-hydrogen) atoms. The van der Waals surface area contributed by atoms with E-state index in [-0.39, 0.29) is 0 Å². The Morgan fingerprint density at radius 1 is 1.16 bits per heavy atom. The first-order valence-corrected chi connectivity index (χ1v) is 12.6. The highest BCUT2D eigenvalue weighted by Crippen LogP contribution is 2.30. The third-order valence-corrected chi connectivity index (χ3v) is 6.66. The van der Waals surface area contributed by atoms with E-state index >= 15 is 0 Å². The number of nitrogens with zero attached hydrogens (tertiary/aromatic N) is 6. The number of fused-ring (bicyclic) bond motifs is 1. The van der Waals surface area contributed by atoms with E-state index in [0.717, 1.165) is 83.4 Å². The Bertz CT molecular complexity index is 1470. The number of nitrogens with one attached hydrogen (secondary N) is 3. The molecular formula is C28H33N9. The molecule has 0 atom stereocenters. The molecule has 1 fully saturated rings. The Balaban J connectivity index is 1.50. The van der Waals surface area contributed by atoms with Crippen LogP contribution >= 0.6 is 0 Å². The first kappa shape index (κ1) is 24.5. The predicted octanol–water partition coefficient (Wildman–Crippen LogP) is 4.83. The summed E-state index contributed by atoms with van der Waals surface area (Å²) < 4.78 is 0. The number of allylic oxidation sites excluding steroid dienone is 3. The van der Waals surface area contributed by atoms with Crippen LogP contribution in [0, 0.1) is 6.92 Å². The minimum Gasteiger partial charge on any atom is -0.367 e. The van der Waals surface area contributed by atoms with Gasteiger partial charge >= 0.3 is 0 Å². The lowest BCUT2D eigenvalue weighted by Gasteiger charge is -2.35. The molecule has 0 radical (unpaired) electrons. The monoisotopic (exact) mass is 495 g/mol. The molecular weight excluding hydrogens is 462 g/mol. The molecule has 0 saturated carbocycles. The maximum Gasteiger partial charge on any atom is 0.161 e. The number of piperazine rings is 1. The number of hydrogen-bond donors (Lipinski definition) is 3. The van der Waals surface area contributed by atoms with Crippen molar-refractivity contribution in [2.24, 2.45) is 0 Å². The number of hydrogen-bond acceptors (Lipinski definition) is 7. The summed E-state index contributed by atoms with van der Waals surface area (Å²) in [5.41, 5.74) is 8.77. The van der Waals surface area contributed by atoms with Gasteiger partial charge in [0.1, 0.15) is 11.2 Å². The van der Waals surface area contributed by atoms with Crippen LogP contribution in [0.4, 0.5) is 5.69 Å². The van der Waals surface area contributed by atoms with Crippen molar-refractivity contribution in [3.8, 4) is 22.8 Å². The topological polar surface area (TPSA) is 102 Å². The van der Waals surface area contributed by atoms with E-state index in [2.05, 4.69) is 62.4 Å². The number of aromatic nitrogens is 6. The average molecular weight is 496 g/mol. The van der Waals surface area contributed by atoms with E-state index in [1.807, 2.05) is 43.5 Å². The van der Waals surface area contributed by atoms with Crippen molar-refractivity contribution < 1.29 is 0 Å². The molecule has 0 spiro atoms. The molecule has 1 aliphatic heterocycles. The first-order chi connectivity index (χ1) is 18.0. The van der Waals surface area contributed by atoms with E-state index in [9.17, 15) is 0 Å². The van der Waals surface area contributed by atoms with Crippen LogP contribution in [0.1, 0.15) is 24.7 Å². The predicted molar refractivity (Wildman–Crippen MR) is 150 cm³/mol. The molecule has 1 aliphatic rings. The van der Waals surface area contributed by atoms with E-state index in [4.69, 9.17) is 9.97 Å². The molecule has 4 aromatic heterocycles. The number of anilines is 1. The molecule has 0 aliphatic carbocycles. The van der Waals surface area contributed by atoms with E-state index < -0.39 is 0 Å². The molecule has 190 valence electrons. The highest BCUT2D eigenvalue weighted by molar-refractivity contribution is 5.89. The van der Waals surface area contributed by atoms with Crippen LogP contribution in [0.15, 0.2) is 61.6 Å². The van der Waals surface area contributed by atoms with Gasteiger partial charge in [0.15, 0.2) is 11.5 Å². The minimum absolute atomic E-state index is 0.681. The molecule has 3 N–H and O–H groups in total. The second-order valence-corrected chi connectivity index (χ2v) is 9.35. The van der Waals surface area contributed by atoms with Crippen LogP contribution in [-0.4, -0.2) is 73.2 Å². The van der Waals surface area contributed by atoms with Crippen molar-refractivity contribution in [1.82, 2.24) is 39.9 Å². The molecule has 0 bridgehead atoms. The quantitative estimate of drug-likeness (QED) is 0.301. The minimum atomic E-state index is 0.681. The van der Waals surface area contributed by atoms with Crippen molar-refractivity contribution in [2.45, 2.75) is 20.3 Å². The number of pyridine rings is 2. The molecule has 4 aromatic rings. The number of imidazole rings is 1. The Morgan fingerprint density at radius 3 is 2.73 bits per heavy atom. The van der Waals surface area contributed by atoms with Gasteiger partial charge < -0.3 is 20.1 Å². The van der Waals surface area contributed by atoms with Crippen LogP contribution in [0.2, 0.25) is 0 Å².